The molecule has 0 unspecified atom stereocenters. The monoisotopic (exact) mass is 408 g/mol. The molecular formula is C19H25ClN4O2S. The van der Waals surface area contributed by atoms with Gasteiger partial charge in [-0.1, -0.05) is 17.7 Å². The van der Waals surface area contributed by atoms with E-state index in [0.29, 0.717) is 29.7 Å². The molecule has 1 aromatic carbocycles. The van der Waals surface area contributed by atoms with Crippen molar-refractivity contribution in [1.29, 1.82) is 0 Å². The molecule has 8 heteroatoms. The zero-order valence-corrected chi connectivity index (χ0v) is 17.1. The topological polar surface area (TPSA) is 59.7 Å². The summed E-state index contributed by atoms with van der Waals surface area (Å²) in [6.07, 6.45) is 5.46. The summed E-state index contributed by atoms with van der Waals surface area (Å²) in [7, 11) is -1.51. The summed E-state index contributed by atoms with van der Waals surface area (Å²) >= 11 is 6.45. The standard InChI is InChI=1S/C19H25ClN4O2S/c1-3-8-24-19-15(11-17(20)16-4-7-21-18(16)19)13-23(27(24,25)26)12-14-5-9-22(2)10-6-14/h3-4,7,11,14,21H,1,5-6,8-10,12-13H2,2H3. The van der Waals surface area contributed by atoms with E-state index in [1.807, 2.05) is 12.1 Å². The van der Waals surface area contributed by atoms with Gasteiger partial charge in [0.1, 0.15) is 0 Å². The van der Waals surface area contributed by atoms with Crippen molar-refractivity contribution in [3.8, 4) is 0 Å². The minimum atomic E-state index is -3.62. The van der Waals surface area contributed by atoms with E-state index in [9.17, 15) is 8.42 Å². The molecule has 2 aliphatic heterocycles. The predicted molar refractivity (Wildman–Crippen MR) is 110 cm³/mol. The maximum Gasteiger partial charge on any atom is 0.304 e. The molecule has 3 heterocycles. The van der Waals surface area contributed by atoms with Crippen molar-refractivity contribution in [1.82, 2.24) is 14.2 Å². The number of fused-ring (bicyclic) bond motifs is 3. The van der Waals surface area contributed by atoms with Gasteiger partial charge < -0.3 is 9.88 Å². The van der Waals surface area contributed by atoms with Crippen LogP contribution >= 0.6 is 11.6 Å². The highest BCUT2D eigenvalue weighted by Crippen LogP contribution is 2.41. The number of benzene rings is 1. The fourth-order valence-corrected chi connectivity index (χ4v) is 6.15. The summed E-state index contributed by atoms with van der Waals surface area (Å²) in [5.41, 5.74) is 2.39. The normalized spacial score (nSPS) is 21.5. The first-order chi connectivity index (χ1) is 12.9. The summed E-state index contributed by atoms with van der Waals surface area (Å²) < 4.78 is 29.9. The Kier molecular flexibility index (Phi) is 4.96. The molecule has 4 rings (SSSR count). The van der Waals surface area contributed by atoms with Crippen molar-refractivity contribution in [2.24, 2.45) is 5.92 Å². The lowest BCUT2D eigenvalue weighted by Crippen LogP contribution is -2.50. The lowest BCUT2D eigenvalue weighted by Gasteiger charge is -2.39. The number of hydrogen-bond donors (Lipinski definition) is 1. The number of aromatic amines is 1. The Hall–Kier alpha value is -1.54. The number of likely N-dealkylation sites (tertiary alicyclic amines) is 1. The molecule has 2 aromatic rings. The van der Waals surface area contributed by atoms with Crippen LogP contribution in [0.3, 0.4) is 0 Å². The molecule has 1 N–H and O–H groups in total. The van der Waals surface area contributed by atoms with Gasteiger partial charge in [-0.05, 0) is 56.6 Å². The van der Waals surface area contributed by atoms with Crippen molar-refractivity contribution < 1.29 is 8.42 Å². The van der Waals surface area contributed by atoms with Gasteiger partial charge in [0.2, 0.25) is 0 Å². The van der Waals surface area contributed by atoms with E-state index in [-0.39, 0.29) is 6.54 Å². The third-order valence-corrected chi connectivity index (χ3v) is 7.77. The molecule has 1 aromatic heterocycles. The fraction of sp³-hybridized carbons (Fsp3) is 0.474. The summed E-state index contributed by atoms with van der Waals surface area (Å²) in [4.78, 5) is 5.46. The van der Waals surface area contributed by atoms with Crippen LogP contribution in [0, 0.1) is 5.92 Å². The van der Waals surface area contributed by atoms with Crippen LogP contribution in [-0.4, -0.2) is 55.8 Å². The maximum absolute atomic E-state index is 13.4. The quantitative estimate of drug-likeness (QED) is 0.790. The van der Waals surface area contributed by atoms with Crippen LogP contribution in [0.5, 0.6) is 0 Å². The molecule has 0 aliphatic carbocycles. The van der Waals surface area contributed by atoms with E-state index in [1.54, 1.807) is 16.6 Å². The third kappa shape index (κ3) is 3.27. The molecule has 2 aliphatic rings. The molecule has 6 nitrogen and oxygen atoms in total. The van der Waals surface area contributed by atoms with Gasteiger partial charge in [0.05, 0.1) is 22.8 Å². The molecule has 0 spiro atoms. The Bertz CT molecular complexity index is 963. The minimum absolute atomic E-state index is 0.231. The number of anilines is 1. The highest BCUT2D eigenvalue weighted by atomic mass is 35.5. The summed E-state index contributed by atoms with van der Waals surface area (Å²) in [6, 6.07) is 3.78. The Balaban J connectivity index is 1.74. The molecule has 146 valence electrons. The smallest absolute Gasteiger partial charge is 0.304 e. The van der Waals surface area contributed by atoms with E-state index in [1.165, 1.54) is 4.31 Å². The van der Waals surface area contributed by atoms with E-state index in [2.05, 4.69) is 23.5 Å². The van der Waals surface area contributed by atoms with E-state index in [0.717, 1.165) is 42.4 Å². The SMILES string of the molecule is C=CCN1c2c(cc(Cl)c3cc[nH]c23)CN(CC2CCN(C)CC2)S1(=O)=O. The maximum atomic E-state index is 13.4. The van der Waals surface area contributed by atoms with E-state index < -0.39 is 10.2 Å². The molecule has 0 bridgehead atoms. The lowest BCUT2D eigenvalue weighted by molar-refractivity contribution is 0.193. The minimum Gasteiger partial charge on any atom is -0.359 e. The van der Waals surface area contributed by atoms with Crippen LogP contribution in [0.4, 0.5) is 5.69 Å². The Morgan fingerprint density at radius 3 is 2.81 bits per heavy atom. The van der Waals surface area contributed by atoms with Gasteiger partial charge in [0.15, 0.2) is 0 Å². The molecule has 0 amide bonds. The van der Waals surface area contributed by atoms with Gasteiger partial charge in [-0.3, -0.25) is 4.31 Å². The number of aromatic nitrogens is 1. The highest BCUT2D eigenvalue weighted by molar-refractivity contribution is 7.90. The molecular weight excluding hydrogens is 384 g/mol. The zero-order valence-electron chi connectivity index (χ0n) is 15.5. The van der Waals surface area contributed by atoms with Gasteiger partial charge in [0, 0.05) is 24.7 Å². The lowest BCUT2D eigenvalue weighted by atomic mass is 9.97. The number of H-pyrrole nitrogens is 1. The van der Waals surface area contributed by atoms with Crippen LogP contribution in [0.15, 0.2) is 31.0 Å². The Morgan fingerprint density at radius 2 is 2.11 bits per heavy atom. The average molecular weight is 409 g/mol. The molecule has 0 radical (unpaired) electrons. The number of piperidine rings is 1. The predicted octanol–water partition coefficient (Wildman–Crippen LogP) is 3.22. The van der Waals surface area contributed by atoms with Gasteiger partial charge in [-0.15, -0.1) is 6.58 Å². The van der Waals surface area contributed by atoms with Crippen LogP contribution in [0.25, 0.3) is 10.9 Å². The van der Waals surface area contributed by atoms with Crippen molar-refractivity contribution in [2.45, 2.75) is 19.4 Å². The number of hydrogen-bond acceptors (Lipinski definition) is 3. The van der Waals surface area contributed by atoms with E-state index in [4.69, 9.17) is 11.6 Å². The van der Waals surface area contributed by atoms with Crippen LogP contribution < -0.4 is 4.31 Å². The van der Waals surface area contributed by atoms with Crippen LogP contribution in [0.1, 0.15) is 18.4 Å². The van der Waals surface area contributed by atoms with Crippen molar-refractivity contribution >= 4 is 38.4 Å². The van der Waals surface area contributed by atoms with E-state index >= 15 is 0 Å². The second kappa shape index (κ2) is 7.13. The Labute approximate surface area is 165 Å². The summed E-state index contributed by atoms with van der Waals surface area (Å²) in [5.74, 6) is 0.382. The number of nitrogens with one attached hydrogen (secondary N) is 1. The molecule has 1 saturated heterocycles. The fourth-order valence-electron chi connectivity index (χ4n) is 4.15. The first kappa shape index (κ1) is 18.8. The third-order valence-electron chi connectivity index (χ3n) is 5.64. The average Bonchev–Trinajstić information content (AvgIpc) is 3.11. The van der Waals surface area contributed by atoms with Gasteiger partial charge in [0.25, 0.3) is 0 Å². The number of halogens is 1. The van der Waals surface area contributed by atoms with Gasteiger partial charge in [-0.2, -0.15) is 12.7 Å². The second-order valence-corrected chi connectivity index (χ2v) is 9.76. The molecule has 27 heavy (non-hydrogen) atoms. The van der Waals surface area contributed by atoms with Crippen LogP contribution in [0.2, 0.25) is 5.02 Å². The summed E-state index contributed by atoms with van der Waals surface area (Å²) in [5, 5.41) is 1.48. The van der Waals surface area contributed by atoms with Crippen LogP contribution in [-0.2, 0) is 16.8 Å². The van der Waals surface area contributed by atoms with Gasteiger partial charge >= 0.3 is 10.2 Å². The summed E-state index contributed by atoms with van der Waals surface area (Å²) in [6.45, 7) is 6.92. The number of nitrogens with zero attached hydrogens (tertiary/aromatic N) is 3. The largest absolute Gasteiger partial charge is 0.359 e. The van der Waals surface area contributed by atoms with Gasteiger partial charge in [-0.25, -0.2) is 0 Å². The first-order valence-corrected chi connectivity index (χ1v) is 11.0. The number of rotatable bonds is 4. The zero-order chi connectivity index (χ0) is 19.2. The highest BCUT2D eigenvalue weighted by Gasteiger charge is 2.39. The molecule has 0 atom stereocenters. The second-order valence-electron chi connectivity index (χ2n) is 7.50. The van der Waals surface area contributed by atoms with Crippen molar-refractivity contribution in [3.05, 3.63) is 41.6 Å². The Morgan fingerprint density at radius 1 is 1.37 bits per heavy atom. The first-order valence-electron chi connectivity index (χ1n) is 9.27. The molecule has 1 fully saturated rings. The van der Waals surface area contributed by atoms with Crippen molar-refractivity contribution in [3.63, 3.8) is 0 Å². The van der Waals surface area contributed by atoms with Crippen molar-refractivity contribution in [2.75, 3.05) is 37.5 Å². The molecule has 0 saturated carbocycles.